The van der Waals surface area contributed by atoms with Gasteiger partial charge >= 0.3 is 0 Å². The van der Waals surface area contributed by atoms with Crippen molar-refractivity contribution in [1.82, 2.24) is 9.88 Å². The molecular formula is C13H18N4. The van der Waals surface area contributed by atoms with Crippen molar-refractivity contribution < 1.29 is 0 Å². The molecule has 0 radical (unpaired) electrons. The van der Waals surface area contributed by atoms with E-state index in [2.05, 4.69) is 28.2 Å². The maximum absolute atomic E-state index is 9.02. The van der Waals surface area contributed by atoms with Gasteiger partial charge in [-0.25, -0.2) is 0 Å². The summed E-state index contributed by atoms with van der Waals surface area (Å²) >= 11 is 0. The largest absolute Gasteiger partial charge is 0.379 e. The molecule has 0 bridgehead atoms. The molecule has 0 amide bonds. The molecule has 0 aromatic carbocycles. The van der Waals surface area contributed by atoms with Crippen molar-refractivity contribution in [1.29, 1.82) is 5.26 Å². The fourth-order valence-electron chi connectivity index (χ4n) is 2.29. The Morgan fingerprint density at radius 1 is 1.65 bits per heavy atom. The minimum absolute atomic E-state index is 0.431. The first-order valence-electron chi connectivity index (χ1n) is 6.16. The lowest BCUT2D eigenvalue weighted by Crippen LogP contribution is -2.41. The van der Waals surface area contributed by atoms with Gasteiger partial charge in [-0.2, -0.15) is 5.26 Å². The number of rotatable bonds is 3. The van der Waals surface area contributed by atoms with Gasteiger partial charge < -0.3 is 10.2 Å². The highest BCUT2D eigenvalue weighted by atomic mass is 15.2. The van der Waals surface area contributed by atoms with E-state index in [-0.39, 0.29) is 0 Å². The van der Waals surface area contributed by atoms with E-state index >= 15 is 0 Å². The number of nitrogens with one attached hydrogen (secondary N) is 1. The number of pyridine rings is 1. The molecule has 1 unspecified atom stereocenters. The van der Waals surface area contributed by atoms with Crippen molar-refractivity contribution in [2.75, 3.05) is 25.0 Å². The summed E-state index contributed by atoms with van der Waals surface area (Å²) in [5.74, 6) is 0. The van der Waals surface area contributed by atoms with Crippen LogP contribution in [-0.4, -0.2) is 35.6 Å². The van der Waals surface area contributed by atoms with E-state index in [0.717, 1.165) is 25.2 Å². The molecule has 1 atom stereocenters. The minimum Gasteiger partial charge on any atom is -0.379 e. The third-order valence-electron chi connectivity index (χ3n) is 3.25. The molecule has 1 fully saturated rings. The fourth-order valence-corrected chi connectivity index (χ4v) is 2.29. The van der Waals surface area contributed by atoms with Crippen molar-refractivity contribution in [3.63, 3.8) is 0 Å². The first kappa shape index (κ1) is 11.9. The van der Waals surface area contributed by atoms with Crippen molar-refractivity contribution in [2.24, 2.45) is 0 Å². The van der Waals surface area contributed by atoms with E-state index in [1.54, 1.807) is 18.5 Å². The van der Waals surface area contributed by atoms with Crippen LogP contribution in [0.3, 0.4) is 0 Å². The van der Waals surface area contributed by atoms with Crippen molar-refractivity contribution in [2.45, 2.75) is 25.8 Å². The summed E-state index contributed by atoms with van der Waals surface area (Å²) in [6, 6.07) is 4.38. The van der Waals surface area contributed by atoms with Crippen LogP contribution in [0.5, 0.6) is 0 Å². The second kappa shape index (κ2) is 5.65. The third kappa shape index (κ3) is 2.95. The molecule has 0 spiro atoms. The molecule has 4 heteroatoms. The van der Waals surface area contributed by atoms with Gasteiger partial charge in [0.15, 0.2) is 0 Å². The van der Waals surface area contributed by atoms with Crippen LogP contribution in [0, 0.1) is 11.3 Å². The van der Waals surface area contributed by atoms with Gasteiger partial charge in [0.25, 0.3) is 0 Å². The number of aromatic nitrogens is 1. The Labute approximate surface area is 102 Å². The summed E-state index contributed by atoms with van der Waals surface area (Å²) in [7, 11) is 0. The predicted molar refractivity (Wildman–Crippen MR) is 67.7 cm³/mol. The lowest BCUT2D eigenvalue weighted by Gasteiger charge is -2.32. The lowest BCUT2D eigenvalue weighted by molar-refractivity contribution is 0.227. The maximum atomic E-state index is 9.02. The van der Waals surface area contributed by atoms with Crippen LogP contribution in [0.15, 0.2) is 18.5 Å². The number of likely N-dealkylation sites (N-methyl/N-ethyl adjacent to an activating group) is 1. The second-order valence-corrected chi connectivity index (χ2v) is 4.41. The molecule has 1 aliphatic rings. The normalized spacial score (nSPS) is 20.8. The summed E-state index contributed by atoms with van der Waals surface area (Å²) in [5, 5.41) is 12.5. The first-order chi connectivity index (χ1) is 8.33. The van der Waals surface area contributed by atoms with E-state index in [9.17, 15) is 0 Å². The third-order valence-corrected chi connectivity index (χ3v) is 3.25. The standard InChI is InChI=1S/C13H18N4/c1-2-17-7-3-4-12(10-17)16-13-9-15-6-5-11(13)8-14/h5-6,9,12,16H,2-4,7,10H2,1H3. The Kier molecular flexibility index (Phi) is 3.94. The molecule has 2 heterocycles. The molecule has 2 rings (SSSR count). The topological polar surface area (TPSA) is 52.0 Å². The van der Waals surface area contributed by atoms with Crippen LogP contribution in [-0.2, 0) is 0 Å². The molecule has 1 N–H and O–H groups in total. The average Bonchev–Trinajstić information content (AvgIpc) is 2.39. The highest BCUT2D eigenvalue weighted by Gasteiger charge is 2.19. The Balaban J connectivity index is 2.03. The minimum atomic E-state index is 0.431. The van der Waals surface area contributed by atoms with Crippen LogP contribution >= 0.6 is 0 Å². The molecule has 1 aromatic rings. The van der Waals surface area contributed by atoms with Crippen molar-refractivity contribution >= 4 is 5.69 Å². The lowest BCUT2D eigenvalue weighted by atomic mass is 10.1. The van der Waals surface area contributed by atoms with Crippen molar-refractivity contribution in [3.05, 3.63) is 24.0 Å². The average molecular weight is 230 g/mol. The van der Waals surface area contributed by atoms with E-state index in [1.165, 1.54) is 13.0 Å². The van der Waals surface area contributed by atoms with Crippen LogP contribution < -0.4 is 5.32 Å². The zero-order valence-corrected chi connectivity index (χ0v) is 10.2. The summed E-state index contributed by atoms with van der Waals surface area (Å²) in [4.78, 5) is 6.50. The van der Waals surface area contributed by atoms with Crippen LogP contribution in [0.1, 0.15) is 25.3 Å². The second-order valence-electron chi connectivity index (χ2n) is 4.41. The zero-order valence-electron chi connectivity index (χ0n) is 10.2. The van der Waals surface area contributed by atoms with E-state index in [1.807, 2.05) is 0 Å². The Morgan fingerprint density at radius 2 is 2.53 bits per heavy atom. The Bertz CT molecular complexity index is 410. The Hall–Kier alpha value is -1.60. The van der Waals surface area contributed by atoms with Gasteiger partial charge in [-0.15, -0.1) is 0 Å². The smallest absolute Gasteiger partial charge is 0.101 e. The van der Waals surface area contributed by atoms with Gasteiger partial charge in [-0.05, 0) is 32.0 Å². The van der Waals surface area contributed by atoms with Crippen LogP contribution in [0.2, 0.25) is 0 Å². The van der Waals surface area contributed by atoms with Gasteiger partial charge in [0.2, 0.25) is 0 Å². The van der Waals surface area contributed by atoms with Gasteiger partial charge in [0.1, 0.15) is 6.07 Å². The van der Waals surface area contributed by atoms with Crippen molar-refractivity contribution in [3.8, 4) is 6.07 Å². The molecule has 1 aromatic heterocycles. The molecule has 4 nitrogen and oxygen atoms in total. The maximum Gasteiger partial charge on any atom is 0.101 e. The molecule has 90 valence electrons. The van der Waals surface area contributed by atoms with Gasteiger partial charge in [-0.1, -0.05) is 6.92 Å². The number of hydrogen-bond acceptors (Lipinski definition) is 4. The van der Waals surface area contributed by atoms with Crippen LogP contribution in [0.25, 0.3) is 0 Å². The van der Waals surface area contributed by atoms with E-state index in [0.29, 0.717) is 11.6 Å². The van der Waals surface area contributed by atoms with E-state index in [4.69, 9.17) is 5.26 Å². The molecule has 17 heavy (non-hydrogen) atoms. The SMILES string of the molecule is CCN1CCCC(Nc2cnccc2C#N)C1. The Morgan fingerprint density at radius 3 is 3.29 bits per heavy atom. The van der Waals surface area contributed by atoms with E-state index < -0.39 is 0 Å². The highest BCUT2D eigenvalue weighted by Crippen LogP contribution is 2.18. The monoisotopic (exact) mass is 230 g/mol. The number of anilines is 1. The van der Waals surface area contributed by atoms with Gasteiger partial charge in [0, 0.05) is 18.8 Å². The zero-order chi connectivity index (χ0) is 12.1. The number of nitrogens with zero attached hydrogens (tertiary/aromatic N) is 3. The van der Waals surface area contributed by atoms with Gasteiger partial charge in [-0.3, -0.25) is 4.98 Å². The highest BCUT2D eigenvalue weighted by molar-refractivity contribution is 5.55. The summed E-state index contributed by atoms with van der Waals surface area (Å²) < 4.78 is 0. The molecule has 1 saturated heterocycles. The predicted octanol–water partition coefficient (Wildman–Crippen LogP) is 1.85. The number of nitriles is 1. The fraction of sp³-hybridized carbons (Fsp3) is 0.538. The molecule has 0 aliphatic carbocycles. The first-order valence-corrected chi connectivity index (χ1v) is 6.16. The number of piperidine rings is 1. The van der Waals surface area contributed by atoms with Crippen LogP contribution in [0.4, 0.5) is 5.69 Å². The number of hydrogen-bond donors (Lipinski definition) is 1. The number of likely N-dealkylation sites (tertiary alicyclic amines) is 1. The van der Waals surface area contributed by atoms with Gasteiger partial charge in [0.05, 0.1) is 17.4 Å². The summed E-state index contributed by atoms with van der Waals surface area (Å²) in [6.45, 7) is 5.52. The molecular weight excluding hydrogens is 212 g/mol. The molecule has 0 saturated carbocycles. The molecule has 1 aliphatic heterocycles. The summed E-state index contributed by atoms with van der Waals surface area (Å²) in [5.41, 5.74) is 1.53. The quantitative estimate of drug-likeness (QED) is 0.861. The summed E-state index contributed by atoms with van der Waals surface area (Å²) in [6.07, 6.45) is 5.77.